The van der Waals surface area contributed by atoms with Gasteiger partial charge in [-0.3, -0.25) is 14.6 Å². The summed E-state index contributed by atoms with van der Waals surface area (Å²) < 4.78 is 1.09. The number of nitrogens with one attached hydrogen (secondary N) is 1. The van der Waals surface area contributed by atoms with Crippen LogP contribution in [0.2, 0.25) is 0 Å². The first kappa shape index (κ1) is 18.4. The molecule has 1 N–H and O–H groups in total. The minimum atomic E-state index is 0.149. The molecule has 0 spiro atoms. The molecule has 1 unspecified atom stereocenters. The van der Waals surface area contributed by atoms with Gasteiger partial charge < -0.3 is 5.32 Å². The third-order valence-corrected chi connectivity index (χ3v) is 6.78. The first-order valence-corrected chi connectivity index (χ1v) is 10.8. The van der Waals surface area contributed by atoms with Crippen molar-refractivity contribution in [2.75, 3.05) is 32.7 Å². The Morgan fingerprint density at radius 1 is 1.21 bits per heavy atom. The maximum Gasteiger partial charge on any atom is 0.234 e. The maximum atomic E-state index is 12.3. The van der Waals surface area contributed by atoms with E-state index >= 15 is 0 Å². The summed E-state index contributed by atoms with van der Waals surface area (Å²) in [6.07, 6.45) is 7.96. The zero-order valence-corrected chi connectivity index (χ0v) is 16.7. The van der Waals surface area contributed by atoms with Gasteiger partial charge in [-0.2, -0.15) is 0 Å². The molecule has 0 aliphatic carbocycles. The monoisotopic (exact) mass is 413 g/mol. The zero-order chi connectivity index (χ0) is 16.8. The van der Waals surface area contributed by atoms with E-state index in [0.29, 0.717) is 19.1 Å². The van der Waals surface area contributed by atoms with Crippen molar-refractivity contribution < 1.29 is 4.79 Å². The number of likely N-dealkylation sites (tertiary alicyclic amines) is 2. The smallest absolute Gasteiger partial charge is 0.234 e. The molecule has 24 heavy (non-hydrogen) atoms. The van der Waals surface area contributed by atoms with E-state index < -0.39 is 0 Å². The van der Waals surface area contributed by atoms with Crippen molar-refractivity contribution in [2.24, 2.45) is 0 Å². The van der Waals surface area contributed by atoms with E-state index in [2.05, 4.69) is 42.5 Å². The molecule has 1 aromatic rings. The number of nitrogens with zero attached hydrogens (tertiary/aromatic N) is 2. The van der Waals surface area contributed by atoms with Crippen LogP contribution in [-0.4, -0.2) is 54.5 Å². The Labute approximate surface area is 157 Å². The van der Waals surface area contributed by atoms with E-state index in [9.17, 15) is 4.79 Å². The van der Waals surface area contributed by atoms with Gasteiger partial charge in [-0.15, -0.1) is 11.3 Å². The average Bonchev–Trinajstić information content (AvgIpc) is 2.83. The summed E-state index contributed by atoms with van der Waals surface area (Å²) >= 11 is 5.13. The normalized spacial score (nSPS) is 23.8. The number of rotatable bonds is 5. The Morgan fingerprint density at radius 3 is 2.71 bits per heavy atom. The van der Waals surface area contributed by atoms with Gasteiger partial charge in [0.2, 0.25) is 5.91 Å². The quantitative estimate of drug-likeness (QED) is 0.802. The minimum absolute atomic E-state index is 0.149. The van der Waals surface area contributed by atoms with Gasteiger partial charge in [0.15, 0.2) is 0 Å². The third-order valence-electron chi connectivity index (χ3n) is 5.09. The van der Waals surface area contributed by atoms with Crippen molar-refractivity contribution in [3.8, 4) is 0 Å². The van der Waals surface area contributed by atoms with Crippen LogP contribution in [-0.2, 0) is 11.3 Å². The second kappa shape index (κ2) is 9.32. The lowest BCUT2D eigenvalue weighted by atomic mass is 10.0. The van der Waals surface area contributed by atoms with Crippen LogP contribution in [0.15, 0.2) is 15.9 Å². The van der Waals surface area contributed by atoms with Gasteiger partial charge in [-0.05, 0) is 67.3 Å². The minimum Gasteiger partial charge on any atom is -0.350 e. The molecule has 3 heterocycles. The predicted octanol–water partition coefficient (Wildman–Crippen LogP) is 3.47. The molecule has 0 bridgehead atoms. The average molecular weight is 414 g/mol. The van der Waals surface area contributed by atoms with Crippen molar-refractivity contribution in [1.82, 2.24) is 15.1 Å². The number of carbonyl (C=O) groups excluding carboxylic acids is 1. The standard InChI is InChI=1S/C18H28BrN3OS/c19-15-10-17(24-14-15)11-20-18(23)13-21-7-5-6-16(12-21)22-8-3-1-2-4-9-22/h10,14,16H,1-9,11-13H2,(H,20,23). The van der Waals surface area contributed by atoms with Gasteiger partial charge in [0.25, 0.3) is 0 Å². The molecule has 1 amide bonds. The molecule has 2 saturated heterocycles. The van der Waals surface area contributed by atoms with Crippen LogP contribution in [0.1, 0.15) is 43.4 Å². The van der Waals surface area contributed by atoms with Gasteiger partial charge >= 0.3 is 0 Å². The number of thiophene rings is 1. The number of halogens is 1. The van der Waals surface area contributed by atoms with Crippen molar-refractivity contribution in [2.45, 2.75) is 51.1 Å². The summed E-state index contributed by atoms with van der Waals surface area (Å²) in [7, 11) is 0. The molecule has 134 valence electrons. The van der Waals surface area contributed by atoms with Crippen molar-refractivity contribution in [3.05, 3.63) is 20.8 Å². The summed E-state index contributed by atoms with van der Waals surface area (Å²) in [5.41, 5.74) is 0. The molecule has 0 aromatic carbocycles. The molecule has 2 aliphatic heterocycles. The highest BCUT2D eigenvalue weighted by atomic mass is 79.9. The molecular weight excluding hydrogens is 386 g/mol. The highest BCUT2D eigenvalue weighted by Gasteiger charge is 2.26. The lowest BCUT2D eigenvalue weighted by molar-refractivity contribution is -0.122. The summed E-state index contributed by atoms with van der Waals surface area (Å²) in [5, 5.41) is 5.11. The van der Waals surface area contributed by atoms with Crippen LogP contribution in [0.5, 0.6) is 0 Å². The Bertz CT molecular complexity index is 528. The summed E-state index contributed by atoms with van der Waals surface area (Å²) in [4.78, 5) is 18.5. The van der Waals surface area contributed by atoms with Crippen LogP contribution in [0.25, 0.3) is 0 Å². The highest BCUT2D eigenvalue weighted by Crippen LogP contribution is 2.21. The molecule has 2 fully saturated rings. The second-order valence-electron chi connectivity index (χ2n) is 6.99. The molecule has 1 atom stereocenters. The molecule has 4 nitrogen and oxygen atoms in total. The first-order valence-electron chi connectivity index (χ1n) is 9.17. The Balaban J connectivity index is 1.43. The highest BCUT2D eigenvalue weighted by molar-refractivity contribution is 9.10. The van der Waals surface area contributed by atoms with Crippen LogP contribution < -0.4 is 5.32 Å². The van der Waals surface area contributed by atoms with E-state index in [-0.39, 0.29) is 5.91 Å². The number of piperidine rings is 1. The lowest BCUT2D eigenvalue weighted by Crippen LogP contribution is -2.50. The van der Waals surface area contributed by atoms with Gasteiger partial charge in [0.05, 0.1) is 13.1 Å². The van der Waals surface area contributed by atoms with Crippen LogP contribution in [0.3, 0.4) is 0 Å². The van der Waals surface area contributed by atoms with Gasteiger partial charge in [-0.25, -0.2) is 0 Å². The first-order chi connectivity index (χ1) is 11.7. The van der Waals surface area contributed by atoms with Crippen LogP contribution in [0, 0.1) is 0 Å². The van der Waals surface area contributed by atoms with Gasteiger partial charge in [-0.1, -0.05) is 12.8 Å². The van der Waals surface area contributed by atoms with Gasteiger partial charge in [0, 0.05) is 27.3 Å². The molecule has 3 rings (SSSR count). The number of hydrogen-bond donors (Lipinski definition) is 1. The Hall–Kier alpha value is -0.430. The summed E-state index contributed by atoms with van der Waals surface area (Å²) in [6.45, 7) is 5.78. The van der Waals surface area contributed by atoms with Crippen LogP contribution in [0.4, 0.5) is 0 Å². The van der Waals surface area contributed by atoms with Crippen molar-refractivity contribution in [3.63, 3.8) is 0 Å². The van der Waals surface area contributed by atoms with Crippen molar-refractivity contribution in [1.29, 1.82) is 0 Å². The van der Waals surface area contributed by atoms with Crippen LogP contribution >= 0.6 is 27.3 Å². The predicted molar refractivity (Wildman–Crippen MR) is 103 cm³/mol. The van der Waals surface area contributed by atoms with E-state index in [1.165, 1.54) is 56.5 Å². The topological polar surface area (TPSA) is 35.6 Å². The molecule has 0 saturated carbocycles. The SMILES string of the molecule is O=C(CN1CCCC(N2CCCCCC2)C1)NCc1cc(Br)cs1. The van der Waals surface area contributed by atoms with Crippen molar-refractivity contribution >= 4 is 33.2 Å². The van der Waals surface area contributed by atoms with E-state index in [0.717, 1.165) is 17.6 Å². The third kappa shape index (κ3) is 5.55. The maximum absolute atomic E-state index is 12.3. The number of amides is 1. The summed E-state index contributed by atoms with van der Waals surface area (Å²) in [6, 6.07) is 2.72. The van der Waals surface area contributed by atoms with Gasteiger partial charge in [0.1, 0.15) is 0 Å². The Morgan fingerprint density at radius 2 is 2.00 bits per heavy atom. The molecule has 1 aromatic heterocycles. The summed E-state index contributed by atoms with van der Waals surface area (Å²) in [5.74, 6) is 0.149. The fourth-order valence-corrected chi connectivity index (χ4v) is 5.22. The molecular formula is C18H28BrN3OS. The molecule has 0 radical (unpaired) electrons. The Kier molecular flexibility index (Phi) is 7.13. The van der Waals surface area contributed by atoms with E-state index in [1.807, 2.05) is 0 Å². The molecule has 2 aliphatic rings. The second-order valence-corrected chi connectivity index (χ2v) is 8.90. The lowest BCUT2D eigenvalue weighted by Gasteiger charge is -2.38. The molecule has 6 heteroatoms. The fraction of sp³-hybridized carbons (Fsp3) is 0.722. The van der Waals surface area contributed by atoms with E-state index in [1.54, 1.807) is 11.3 Å². The zero-order valence-electron chi connectivity index (χ0n) is 14.3. The largest absolute Gasteiger partial charge is 0.350 e. The fourth-order valence-electron chi connectivity index (χ4n) is 3.82. The number of hydrogen-bond acceptors (Lipinski definition) is 4. The van der Waals surface area contributed by atoms with E-state index in [4.69, 9.17) is 0 Å². The number of carbonyl (C=O) groups is 1.